The van der Waals surface area contributed by atoms with Gasteiger partial charge in [0.25, 0.3) is 0 Å². The lowest BCUT2D eigenvalue weighted by Gasteiger charge is -2.33. The molecule has 2 fully saturated rings. The summed E-state index contributed by atoms with van der Waals surface area (Å²) in [5, 5.41) is 0. The SMILES string of the molecule is CC1(C)CCCN(CC2CCCCC2N)CC1. The molecule has 2 nitrogen and oxygen atoms in total. The first-order valence-electron chi connectivity index (χ1n) is 7.55. The summed E-state index contributed by atoms with van der Waals surface area (Å²) in [5.74, 6) is 0.768. The van der Waals surface area contributed by atoms with Crippen LogP contribution >= 0.6 is 0 Å². The van der Waals surface area contributed by atoms with Crippen LogP contribution in [-0.2, 0) is 0 Å². The van der Waals surface area contributed by atoms with E-state index in [0.717, 1.165) is 5.92 Å². The Morgan fingerprint density at radius 2 is 1.82 bits per heavy atom. The minimum Gasteiger partial charge on any atom is -0.327 e. The summed E-state index contributed by atoms with van der Waals surface area (Å²) < 4.78 is 0. The molecule has 0 bridgehead atoms. The van der Waals surface area contributed by atoms with Gasteiger partial charge in [0.2, 0.25) is 0 Å². The van der Waals surface area contributed by atoms with Crippen LogP contribution in [0.15, 0.2) is 0 Å². The van der Waals surface area contributed by atoms with E-state index in [1.165, 1.54) is 64.6 Å². The third kappa shape index (κ3) is 3.96. The molecule has 0 amide bonds. The summed E-state index contributed by atoms with van der Waals surface area (Å²) in [6, 6.07) is 0.472. The summed E-state index contributed by atoms with van der Waals surface area (Å²) in [6.07, 6.45) is 9.48. The van der Waals surface area contributed by atoms with E-state index in [0.29, 0.717) is 11.5 Å². The van der Waals surface area contributed by atoms with Crippen LogP contribution in [0.25, 0.3) is 0 Å². The van der Waals surface area contributed by atoms with Gasteiger partial charge in [-0.15, -0.1) is 0 Å². The predicted molar refractivity (Wildman–Crippen MR) is 74.0 cm³/mol. The van der Waals surface area contributed by atoms with Gasteiger partial charge in [0.05, 0.1) is 0 Å². The minimum absolute atomic E-state index is 0.472. The van der Waals surface area contributed by atoms with E-state index in [4.69, 9.17) is 5.73 Å². The van der Waals surface area contributed by atoms with Crippen LogP contribution in [0, 0.1) is 11.3 Å². The molecule has 2 rings (SSSR count). The van der Waals surface area contributed by atoms with E-state index in [1.807, 2.05) is 0 Å². The average molecular weight is 238 g/mol. The largest absolute Gasteiger partial charge is 0.327 e. The Balaban J connectivity index is 1.82. The van der Waals surface area contributed by atoms with Gasteiger partial charge in [-0.3, -0.25) is 0 Å². The number of hydrogen-bond acceptors (Lipinski definition) is 2. The van der Waals surface area contributed by atoms with Crippen molar-refractivity contribution in [2.75, 3.05) is 19.6 Å². The van der Waals surface area contributed by atoms with Gasteiger partial charge in [-0.1, -0.05) is 26.7 Å². The second-order valence-electron chi connectivity index (χ2n) is 7.03. The lowest BCUT2D eigenvalue weighted by molar-refractivity contribution is 0.183. The first kappa shape index (κ1) is 13.4. The van der Waals surface area contributed by atoms with E-state index >= 15 is 0 Å². The normalized spacial score (nSPS) is 35.5. The van der Waals surface area contributed by atoms with E-state index < -0.39 is 0 Å². The maximum Gasteiger partial charge on any atom is 0.00793 e. The Hall–Kier alpha value is -0.0800. The zero-order valence-electron chi connectivity index (χ0n) is 11.8. The molecule has 2 N–H and O–H groups in total. The summed E-state index contributed by atoms with van der Waals surface area (Å²) in [5.41, 5.74) is 6.82. The second-order valence-corrected chi connectivity index (χ2v) is 7.03. The number of likely N-dealkylation sites (tertiary alicyclic amines) is 1. The molecular formula is C15H30N2. The minimum atomic E-state index is 0.472. The average Bonchev–Trinajstić information content (AvgIpc) is 2.44. The van der Waals surface area contributed by atoms with Gasteiger partial charge in [0.1, 0.15) is 0 Å². The Kier molecular flexibility index (Phi) is 4.48. The van der Waals surface area contributed by atoms with Crippen LogP contribution < -0.4 is 5.73 Å². The molecule has 1 saturated heterocycles. The van der Waals surface area contributed by atoms with Crippen molar-refractivity contribution >= 4 is 0 Å². The zero-order chi connectivity index (χ0) is 12.3. The molecule has 100 valence electrons. The molecule has 2 unspecified atom stereocenters. The van der Waals surface area contributed by atoms with Gasteiger partial charge in [-0.05, 0) is 56.5 Å². The molecule has 0 spiro atoms. The lowest BCUT2D eigenvalue weighted by atomic mass is 9.84. The highest BCUT2D eigenvalue weighted by atomic mass is 15.1. The molecule has 2 atom stereocenters. The standard InChI is InChI=1S/C15H30N2/c1-15(2)8-5-10-17(11-9-15)12-13-6-3-4-7-14(13)16/h13-14H,3-12,16H2,1-2H3. The Morgan fingerprint density at radius 1 is 1.06 bits per heavy atom. The number of nitrogens with two attached hydrogens (primary N) is 1. The highest BCUT2D eigenvalue weighted by Gasteiger charge is 2.27. The third-order valence-corrected chi connectivity index (χ3v) is 4.89. The van der Waals surface area contributed by atoms with E-state index in [9.17, 15) is 0 Å². The molecule has 1 aliphatic carbocycles. The zero-order valence-corrected chi connectivity index (χ0v) is 11.8. The smallest absolute Gasteiger partial charge is 0.00793 e. The molecule has 0 aromatic rings. The van der Waals surface area contributed by atoms with Gasteiger partial charge in [-0.2, -0.15) is 0 Å². The van der Waals surface area contributed by atoms with Crippen molar-refractivity contribution in [3.05, 3.63) is 0 Å². The summed E-state index contributed by atoms with van der Waals surface area (Å²) >= 11 is 0. The molecule has 2 heteroatoms. The van der Waals surface area contributed by atoms with Crippen LogP contribution in [-0.4, -0.2) is 30.6 Å². The summed E-state index contributed by atoms with van der Waals surface area (Å²) in [7, 11) is 0. The molecule has 0 aromatic carbocycles. The Morgan fingerprint density at radius 3 is 2.59 bits per heavy atom. The lowest BCUT2D eigenvalue weighted by Crippen LogP contribution is -2.41. The summed E-state index contributed by atoms with van der Waals surface area (Å²) in [6.45, 7) is 8.69. The van der Waals surface area contributed by atoms with Crippen molar-refractivity contribution in [1.29, 1.82) is 0 Å². The van der Waals surface area contributed by atoms with Crippen LogP contribution in [0.1, 0.15) is 58.8 Å². The molecule has 0 aromatic heterocycles. The van der Waals surface area contributed by atoms with Gasteiger partial charge >= 0.3 is 0 Å². The molecule has 1 heterocycles. The molecule has 17 heavy (non-hydrogen) atoms. The Bertz CT molecular complexity index is 237. The molecule has 2 aliphatic rings. The molecule has 0 radical (unpaired) electrons. The monoisotopic (exact) mass is 238 g/mol. The first-order valence-corrected chi connectivity index (χ1v) is 7.55. The van der Waals surface area contributed by atoms with Gasteiger partial charge in [-0.25, -0.2) is 0 Å². The van der Waals surface area contributed by atoms with E-state index in [-0.39, 0.29) is 0 Å². The van der Waals surface area contributed by atoms with Crippen molar-refractivity contribution in [3.8, 4) is 0 Å². The fraction of sp³-hybridized carbons (Fsp3) is 1.00. The molecular weight excluding hydrogens is 208 g/mol. The predicted octanol–water partition coefficient (Wildman–Crippen LogP) is 3.02. The van der Waals surface area contributed by atoms with Crippen molar-refractivity contribution in [3.63, 3.8) is 0 Å². The van der Waals surface area contributed by atoms with Crippen LogP contribution in [0.5, 0.6) is 0 Å². The van der Waals surface area contributed by atoms with Crippen molar-refractivity contribution in [2.45, 2.75) is 64.8 Å². The van der Waals surface area contributed by atoms with Crippen LogP contribution in [0.3, 0.4) is 0 Å². The van der Waals surface area contributed by atoms with E-state index in [2.05, 4.69) is 18.7 Å². The third-order valence-electron chi connectivity index (χ3n) is 4.89. The fourth-order valence-electron chi connectivity index (χ4n) is 3.46. The summed E-state index contributed by atoms with van der Waals surface area (Å²) in [4.78, 5) is 2.69. The van der Waals surface area contributed by atoms with Crippen molar-refractivity contribution in [2.24, 2.45) is 17.1 Å². The second kappa shape index (κ2) is 5.71. The van der Waals surface area contributed by atoms with Crippen LogP contribution in [0.2, 0.25) is 0 Å². The van der Waals surface area contributed by atoms with E-state index in [1.54, 1.807) is 0 Å². The van der Waals surface area contributed by atoms with Crippen molar-refractivity contribution < 1.29 is 0 Å². The maximum absolute atomic E-state index is 6.26. The quantitative estimate of drug-likeness (QED) is 0.801. The topological polar surface area (TPSA) is 29.3 Å². The van der Waals surface area contributed by atoms with Crippen LogP contribution in [0.4, 0.5) is 0 Å². The number of hydrogen-bond donors (Lipinski definition) is 1. The van der Waals surface area contributed by atoms with Gasteiger partial charge < -0.3 is 10.6 Å². The molecule has 1 saturated carbocycles. The van der Waals surface area contributed by atoms with Gasteiger partial charge in [0, 0.05) is 12.6 Å². The highest BCUT2D eigenvalue weighted by molar-refractivity contribution is 4.83. The molecule has 1 aliphatic heterocycles. The van der Waals surface area contributed by atoms with Gasteiger partial charge in [0.15, 0.2) is 0 Å². The Labute approximate surface area is 107 Å². The highest BCUT2D eigenvalue weighted by Crippen LogP contribution is 2.31. The number of nitrogens with zero attached hydrogens (tertiary/aromatic N) is 1. The first-order chi connectivity index (χ1) is 8.07. The number of rotatable bonds is 2. The maximum atomic E-state index is 6.26. The van der Waals surface area contributed by atoms with Crippen molar-refractivity contribution in [1.82, 2.24) is 4.90 Å². The fourth-order valence-corrected chi connectivity index (χ4v) is 3.46.